The molecule has 1 aliphatic rings. The van der Waals surface area contributed by atoms with Gasteiger partial charge < -0.3 is 5.32 Å². The summed E-state index contributed by atoms with van der Waals surface area (Å²) < 4.78 is 13.6. The molecule has 0 aromatic heterocycles. The van der Waals surface area contributed by atoms with E-state index in [1.807, 2.05) is 13.0 Å². The minimum atomic E-state index is -0.0802. The first kappa shape index (κ1) is 12.6. The van der Waals surface area contributed by atoms with Crippen molar-refractivity contribution in [3.63, 3.8) is 0 Å². The van der Waals surface area contributed by atoms with E-state index in [9.17, 15) is 4.39 Å². The van der Waals surface area contributed by atoms with Gasteiger partial charge in [-0.05, 0) is 49.4 Å². The van der Waals surface area contributed by atoms with Gasteiger partial charge in [0.1, 0.15) is 5.82 Å². The molecule has 0 amide bonds. The lowest BCUT2D eigenvalue weighted by atomic mass is 9.91. The van der Waals surface area contributed by atoms with E-state index in [1.54, 1.807) is 6.07 Å². The van der Waals surface area contributed by atoms with Crippen molar-refractivity contribution in [3.05, 3.63) is 35.1 Å². The van der Waals surface area contributed by atoms with Crippen LogP contribution in [0.1, 0.15) is 49.8 Å². The van der Waals surface area contributed by atoms with E-state index in [0.717, 1.165) is 17.7 Å². The van der Waals surface area contributed by atoms with Gasteiger partial charge in [-0.2, -0.15) is 0 Å². The summed E-state index contributed by atoms with van der Waals surface area (Å²) in [5.41, 5.74) is 1.84. The number of rotatable bonds is 4. The predicted octanol–water partition coefficient (Wildman–Crippen LogP) is 3.97. The Morgan fingerprint density at radius 1 is 1.35 bits per heavy atom. The Kier molecular flexibility index (Phi) is 4.16. The molecule has 1 N–H and O–H groups in total. The molecular weight excluding hydrogens is 213 g/mol. The maximum Gasteiger partial charge on any atom is 0.126 e. The Labute approximate surface area is 103 Å². The Hall–Kier alpha value is -0.890. The van der Waals surface area contributed by atoms with Crippen molar-refractivity contribution in [3.8, 4) is 0 Å². The lowest BCUT2D eigenvalue weighted by Gasteiger charge is -2.25. The third kappa shape index (κ3) is 2.86. The fourth-order valence-corrected chi connectivity index (χ4v) is 2.87. The van der Waals surface area contributed by atoms with Crippen LogP contribution in [-0.4, -0.2) is 6.54 Å². The second-order valence-corrected chi connectivity index (χ2v) is 5.09. The lowest BCUT2D eigenvalue weighted by Crippen LogP contribution is -2.27. The maximum absolute atomic E-state index is 13.6. The van der Waals surface area contributed by atoms with Gasteiger partial charge in [-0.15, -0.1) is 0 Å². The Morgan fingerprint density at radius 2 is 2.06 bits per heavy atom. The van der Waals surface area contributed by atoms with Crippen molar-refractivity contribution in [1.82, 2.24) is 5.32 Å². The molecule has 2 rings (SSSR count). The van der Waals surface area contributed by atoms with E-state index in [0.29, 0.717) is 12.0 Å². The third-order valence-corrected chi connectivity index (χ3v) is 3.85. The Morgan fingerprint density at radius 3 is 2.65 bits per heavy atom. The maximum atomic E-state index is 13.6. The molecule has 1 unspecified atom stereocenters. The summed E-state index contributed by atoms with van der Waals surface area (Å²) in [4.78, 5) is 0. The summed E-state index contributed by atoms with van der Waals surface area (Å²) in [7, 11) is 0. The van der Waals surface area contributed by atoms with Crippen molar-refractivity contribution in [2.45, 2.75) is 45.6 Å². The van der Waals surface area contributed by atoms with E-state index in [4.69, 9.17) is 0 Å². The normalized spacial score (nSPS) is 18.5. The number of hydrogen-bond donors (Lipinski definition) is 1. The number of benzene rings is 1. The predicted molar refractivity (Wildman–Crippen MR) is 69.5 cm³/mol. The van der Waals surface area contributed by atoms with Crippen molar-refractivity contribution in [2.24, 2.45) is 5.92 Å². The molecule has 1 fully saturated rings. The van der Waals surface area contributed by atoms with Gasteiger partial charge in [0.15, 0.2) is 0 Å². The topological polar surface area (TPSA) is 12.0 Å². The minimum Gasteiger partial charge on any atom is -0.310 e. The first-order chi connectivity index (χ1) is 8.22. The van der Waals surface area contributed by atoms with Gasteiger partial charge in [0.2, 0.25) is 0 Å². The highest BCUT2D eigenvalue weighted by atomic mass is 19.1. The molecule has 1 aromatic rings. The molecule has 0 aliphatic heterocycles. The van der Waals surface area contributed by atoms with Crippen molar-refractivity contribution < 1.29 is 4.39 Å². The Bertz CT molecular complexity index is 369. The zero-order valence-electron chi connectivity index (χ0n) is 10.8. The second kappa shape index (κ2) is 5.63. The number of nitrogens with one attached hydrogen (secondary N) is 1. The summed E-state index contributed by atoms with van der Waals surface area (Å²) in [5.74, 6) is 0.598. The summed E-state index contributed by atoms with van der Waals surface area (Å²) >= 11 is 0. The SMILES string of the molecule is CCNC(c1ccc(C)c(F)c1)C1CCCC1. The van der Waals surface area contributed by atoms with Gasteiger partial charge in [-0.3, -0.25) is 0 Å². The van der Waals surface area contributed by atoms with Crippen LogP contribution in [0.5, 0.6) is 0 Å². The fraction of sp³-hybridized carbons (Fsp3) is 0.600. The van der Waals surface area contributed by atoms with Crippen molar-refractivity contribution >= 4 is 0 Å². The molecule has 0 saturated heterocycles. The molecule has 1 nitrogen and oxygen atoms in total. The highest BCUT2D eigenvalue weighted by Gasteiger charge is 2.25. The van der Waals surface area contributed by atoms with Gasteiger partial charge >= 0.3 is 0 Å². The van der Waals surface area contributed by atoms with Gasteiger partial charge in [0.25, 0.3) is 0 Å². The molecule has 94 valence electrons. The third-order valence-electron chi connectivity index (χ3n) is 3.85. The minimum absolute atomic E-state index is 0.0802. The van der Waals surface area contributed by atoms with Gasteiger partial charge in [-0.1, -0.05) is 31.9 Å². The molecule has 0 radical (unpaired) electrons. The number of halogens is 1. The molecule has 1 aromatic carbocycles. The van der Waals surface area contributed by atoms with Crippen LogP contribution in [0.15, 0.2) is 18.2 Å². The van der Waals surface area contributed by atoms with Crippen LogP contribution in [0.25, 0.3) is 0 Å². The summed E-state index contributed by atoms with van der Waals surface area (Å²) in [5, 5.41) is 3.52. The second-order valence-electron chi connectivity index (χ2n) is 5.09. The van der Waals surface area contributed by atoms with Crippen molar-refractivity contribution in [1.29, 1.82) is 0 Å². The fourth-order valence-electron chi connectivity index (χ4n) is 2.87. The van der Waals surface area contributed by atoms with Crippen LogP contribution < -0.4 is 5.32 Å². The zero-order valence-corrected chi connectivity index (χ0v) is 10.8. The van der Waals surface area contributed by atoms with Crippen LogP contribution in [0, 0.1) is 18.7 Å². The van der Waals surface area contributed by atoms with Crippen LogP contribution in [0.2, 0.25) is 0 Å². The quantitative estimate of drug-likeness (QED) is 0.832. The summed E-state index contributed by atoms with van der Waals surface area (Å²) in [6.07, 6.45) is 5.18. The number of hydrogen-bond acceptors (Lipinski definition) is 1. The highest BCUT2D eigenvalue weighted by molar-refractivity contribution is 5.26. The first-order valence-corrected chi connectivity index (χ1v) is 6.71. The highest BCUT2D eigenvalue weighted by Crippen LogP contribution is 2.36. The number of aryl methyl sites for hydroxylation is 1. The van der Waals surface area contributed by atoms with Crippen LogP contribution in [-0.2, 0) is 0 Å². The summed E-state index contributed by atoms with van der Waals surface area (Å²) in [6, 6.07) is 6.01. The van der Waals surface area contributed by atoms with Gasteiger partial charge in [0.05, 0.1) is 0 Å². The van der Waals surface area contributed by atoms with E-state index < -0.39 is 0 Å². The van der Waals surface area contributed by atoms with E-state index in [-0.39, 0.29) is 5.82 Å². The molecule has 1 saturated carbocycles. The smallest absolute Gasteiger partial charge is 0.126 e. The lowest BCUT2D eigenvalue weighted by molar-refractivity contribution is 0.373. The summed E-state index contributed by atoms with van der Waals surface area (Å²) in [6.45, 7) is 4.88. The largest absolute Gasteiger partial charge is 0.310 e. The molecule has 1 aliphatic carbocycles. The van der Waals surface area contributed by atoms with Crippen molar-refractivity contribution in [2.75, 3.05) is 6.54 Å². The molecule has 0 bridgehead atoms. The zero-order chi connectivity index (χ0) is 12.3. The van der Waals surface area contributed by atoms with E-state index in [2.05, 4.69) is 18.3 Å². The Balaban J connectivity index is 2.21. The molecule has 17 heavy (non-hydrogen) atoms. The monoisotopic (exact) mass is 235 g/mol. The average Bonchev–Trinajstić information content (AvgIpc) is 2.83. The standard InChI is InChI=1S/C15H22FN/c1-3-17-15(12-6-4-5-7-12)13-9-8-11(2)14(16)10-13/h8-10,12,15,17H,3-7H2,1-2H3. The van der Waals surface area contributed by atoms with Crippen LogP contribution in [0.4, 0.5) is 4.39 Å². The molecule has 0 spiro atoms. The first-order valence-electron chi connectivity index (χ1n) is 6.71. The molecule has 1 atom stereocenters. The van der Waals surface area contributed by atoms with Crippen LogP contribution >= 0.6 is 0 Å². The van der Waals surface area contributed by atoms with E-state index >= 15 is 0 Å². The van der Waals surface area contributed by atoms with Gasteiger partial charge in [0, 0.05) is 6.04 Å². The van der Waals surface area contributed by atoms with E-state index in [1.165, 1.54) is 25.7 Å². The molecular formula is C15H22FN. The van der Waals surface area contributed by atoms with Crippen LogP contribution in [0.3, 0.4) is 0 Å². The average molecular weight is 235 g/mol. The molecule has 2 heteroatoms. The molecule has 0 heterocycles. The van der Waals surface area contributed by atoms with Gasteiger partial charge in [-0.25, -0.2) is 4.39 Å².